The summed E-state index contributed by atoms with van der Waals surface area (Å²) in [5, 5.41) is 15.8. The van der Waals surface area contributed by atoms with Crippen molar-refractivity contribution >= 4 is 41.0 Å². The zero-order chi connectivity index (χ0) is 31.1. The highest BCUT2D eigenvalue weighted by Crippen LogP contribution is 2.51. The molecule has 0 spiro atoms. The number of carbonyl (C=O) groups is 3. The number of thioether (sulfide) groups is 1. The number of pyridine rings is 1. The van der Waals surface area contributed by atoms with Crippen LogP contribution >= 0.6 is 11.8 Å². The van der Waals surface area contributed by atoms with Gasteiger partial charge in [-0.2, -0.15) is 5.26 Å². The number of nitriles is 1. The second-order valence-corrected chi connectivity index (χ2v) is 13.0. The Balaban J connectivity index is 1.07. The smallest absolute Gasteiger partial charge is 0.327 e. The third-order valence-corrected chi connectivity index (χ3v) is 9.87. The van der Waals surface area contributed by atoms with E-state index in [-0.39, 0.29) is 29.5 Å². The highest BCUT2D eigenvalue weighted by atomic mass is 32.2. The van der Waals surface area contributed by atoms with Gasteiger partial charge in [0.2, 0.25) is 5.91 Å². The second kappa shape index (κ2) is 11.9. The van der Waals surface area contributed by atoms with Crippen LogP contribution in [0.25, 0.3) is 0 Å². The lowest BCUT2D eigenvalue weighted by atomic mass is 9.98. The van der Waals surface area contributed by atoms with Crippen LogP contribution in [0.15, 0.2) is 77.5 Å². The van der Waals surface area contributed by atoms with Crippen LogP contribution in [0, 0.1) is 24.2 Å². The lowest BCUT2D eigenvalue weighted by molar-refractivity contribution is -0.129. The molecule has 1 aliphatic carbocycles. The van der Waals surface area contributed by atoms with Crippen molar-refractivity contribution in [2.75, 3.05) is 18.0 Å². The highest BCUT2D eigenvalue weighted by molar-refractivity contribution is 8.01. The maximum atomic E-state index is 13.7. The molecule has 45 heavy (non-hydrogen) atoms. The predicted molar refractivity (Wildman–Crippen MR) is 169 cm³/mol. The van der Waals surface area contributed by atoms with Crippen LogP contribution in [0.2, 0.25) is 0 Å². The van der Waals surface area contributed by atoms with Crippen LogP contribution in [0.4, 0.5) is 16.2 Å². The molecule has 7 rings (SSSR count). The van der Waals surface area contributed by atoms with Gasteiger partial charge in [-0.15, -0.1) is 0 Å². The number of anilines is 2. The number of rotatable bonds is 7. The molecule has 4 amide bonds. The van der Waals surface area contributed by atoms with Crippen molar-refractivity contribution in [2.24, 2.45) is 5.92 Å². The molecule has 11 heteroatoms. The van der Waals surface area contributed by atoms with Crippen molar-refractivity contribution in [1.29, 1.82) is 5.26 Å². The largest absolute Gasteiger partial charge is 0.457 e. The Morgan fingerprint density at radius 1 is 1.11 bits per heavy atom. The summed E-state index contributed by atoms with van der Waals surface area (Å²) in [5.41, 5.74) is 3.25. The number of nitrogens with one attached hydrogen (secondary N) is 2. The molecule has 2 unspecified atom stereocenters. The van der Waals surface area contributed by atoms with Gasteiger partial charge in [-0.05, 0) is 80.5 Å². The van der Waals surface area contributed by atoms with E-state index in [4.69, 9.17) is 4.74 Å². The van der Waals surface area contributed by atoms with E-state index in [1.807, 2.05) is 61.5 Å². The summed E-state index contributed by atoms with van der Waals surface area (Å²) in [5.74, 6) is 1.23. The van der Waals surface area contributed by atoms with Gasteiger partial charge in [-0.1, -0.05) is 36.0 Å². The molecule has 2 aromatic carbocycles. The first-order valence-corrected chi connectivity index (χ1v) is 16.1. The number of likely N-dealkylation sites (tertiary alicyclic amines) is 1. The van der Waals surface area contributed by atoms with E-state index < -0.39 is 11.3 Å². The van der Waals surface area contributed by atoms with Crippen LogP contribution in [0.1, 0.15) is 42.9 Å². The maximum absolute atomic E-state index is 13.7. The normalized spacial score (nSPS) is 22.3. The lowest BCUT2D eigenvalue weighted by Gasteiger charge is -2.36. The first-order valence-electron chi connectivity index (χ1n) is 15.2. The van der Waals surface area contributed by atoms with Crippen molar-refractivity contribution in [1.82, 2.24) is 20.5 Å². The number of para-hydroxylation sites is 1. The monoisotopic (exact) mass is 620 g/mol. The lowest BCUT2D eigenvalue weighted by Crippen LogP contribution is -2.54. The Hall–Kier alpha value is -4.82. The Bertz CT molecular complexity index is 1750. The Morgan fingerprint density at radius 3 is 2.69 bits per heavy atom. The quantitative estimate of drug-likeness (QED) is 0.263. The van der Waals surface area contributed by atoms with E-state index >= 15 is 0 Å². The van der Waals surface area contributed by atoms with Gasteiger partial charge in [0.1, 0.15) is 33.4 Å². The van der Waals surface area contributed by atoms with E-state index in [0.29, 0.717) is 41.2 Å². The number of aryl methyl sites for hydroxylation is 1. The molecule has 1 saturated heterocycles. The van der Waals surface area contributed by atoms with Gasteiger partial charge in [0.15, 0.2) is 0 Å². The molecule has 3 atom stereocenters. The van der Waals surface area contributed by atoms with E-state index in [0.717, 1.165) is 42.6 Å². The average Bonchev–Trinajstić information content (AvgIpc) is 3.80. The predicted octanol–water partition coefficient (Wildman–Crippen LogP) is 5.53. The highest BCUT2D eigenvalue weighted by Gasteiger charge is 2.47. The molecular weight excluding hydrogens is 588 g/mol. The van der Waals surface area contributed by atoms with Gasteiger partial charge >= 0.3 is 6.03 Å². The third kappa shape index (κ3) is 5.73. The number of carbonyl (C=O) groups excluding carboxylic acids is 3. The van der Waals surface area contributed by atoms with Gasteiger partial charge in [0, 0.05) is 30.9 Å². The number of allylic oxidation sites excluding steroid dienone is 1. The minimum Gasteiger partial charge on any atom is -0.457 e. The standard InChI is InChI=1S/C34H32N6O4S/c1-20-16-25(44-24-7-3-2-4-8-24)11-12-26(20)40-27-13-14-36-32-28(27)29(38-34(40)43)30(45-32)31(41)37-23-6-5-15-39(19-23)33(42)22(18-35)17-21-9-10-21/h2-4,7-8,11-14,16-17,21,23,29-30H,5-6,9-10,15,19H2,1H3,(H,37,41)(H,38,43)/b22-17+/t23?,29?,30-/m0/s1. The van der Waals surface area contributed by atoms with Crippen molar-refractivity contribution in [3.8, 4) is 17.6 Å². The van der Waals surface area contributed by atoms with Crippen molar-refractivity contribution < 1.29 is 19.1 Å². The van der Waals surface area contributed by atoms with E-state index in [2.05, 4.69) is 21.7 Å². The summed E-state index contributed by atoms with van der Waals surface area (Å²) in [6.07, 6.45) is 6.93. The Morgan fingerprint density at radius 2 is 1.93 bits per heavy atom. The number of amides is 4. The molecular formula is C34H32N6O4S. The summed E-state index contributed by atoms with van der Waals surface area (Å²) >= 11 is 1.34. The molecule has 4 aliphatic rings. The van der Waals surface area contributed by atoms with Crippen LogP contribution in [-0.4, -0.2) is 52.1 Å². The van der Waals surface area contributed by atoms with E-state index in [1.165, 1.54) is 11.8 Å². The molecule has 0 bridgehead atoms. The summed E-state index contributed by atoms with van der Waals surface area (Å²) in [6.45, 7) is 2.83. The van der Waals surface area contributed by atoms with Crippen LogP contribution in [-0.2, 0) is 9.59 Å². The molecule has 2 N–H and O–H groups in total. The molecule has 228 valence electrons. The third-order valence-electron chi connectivity index (χ3n) is 8.58. The molecule has 2 fully saturated rings. The van der Waals surface area contributed by atoms with Gasteiger partial charge in [-0.25, -0.2) is 9.78 Å². The topological polar surface area (TPSA) is 128 Å². The fourth-order valence-electron chi connectivity index (χ4n) is 6.22. The Labute approximate surface area is 265 Å². The van der Waals surface area contributed by atoms with Crippen molar-refractivity contribution in [2.45, 2.75) is 55.0 Å². The fraction of sp³-hybridized carbons (Fsp3) is 0.324. The number of aromatic nitrogens is 1. The molecule has 1 saturated carbocycles. The number of piperidine rings is 1. The van der Waals surface area contributed by atoms with Gasteiger partial charge in [-0.3, -0.25) is 14.5 Å². The number of hydrogen-bond donors (Lipinski definition) is 2. The van der Waals surface area contributed by atoms with E-state index in [1.54, 1.807) is 22.1 Å². The molecule has 1 aromatic heterocycles. The van der Waals surface area contributed by atoms with Crippen molar-refractivity contribution in [3.05, 3.63) is 83.6 Å². The van der Waals surface area contributed by atoms with Crippen LogP contribution in [0.5, 0.6) is 11.5 Å². The molecule has 3 aromatic rings. The molecule has 0 radical (unpaired) electrons. The number of ether oxygens (including phenoxy) is 1. The zero-order valence-electron chi connectivity index (χ0n) is 24.7. The summed E-state index contributed by atoms with van der Waals surface area (Å²) in [7, 11) is 0. The fourth-order valence-corrected chi connectivity index (χ4v) is 7.46. The Kier molecular flexibility index (Phi) is 7.67. The number of urea groups is 1. The second-order valence-electron chi connectivity index (χ2n) is 11.8. The molecule has 4 heterocycles. The average molecular weight is 621 g/mol. The molecule has 10 nitrogen and oxygen atoms in total. The van der Waals surface area contributed by atoms with Crippen molar-refractivity contribution in [3.63, 3.8) is 0 Å². The number of hydrogen-bond acceptors (Lipinski definition) is 7. The minimum atomic E-state index is -0.613. The molecule has 3 aliphatic heterocycles. The van der Waals surface area contributed by atoms with Crippen LogP contribution < -0.4 is 20.3 Å². The SMILES string of the molecule is Cc1cc(Oc2ccccc2)ccc1N1C(=O)NC2c3c1ccnc3S[C@@H]2C(=O)NC1CCCN(C(=O)/C(C#N)=C/C2CC2)C1. The zero-order valence-corrected chi connectivity index (χ0v) is 25.5. The van der Waals surface area contributed by atoms with E-state index in [9.17, 15) is 19.6 Å². The maximum Gasteiger partial charge on any atom is 0.327 e. The van der Waals surface area contributed by atoms with Crippen LogP contribution in [0.3, 0.4) is 0 Å². The van der Waals surface area contributed by atoms with Gasteiger partial charge < -0.3 is 20.3 Å². The number of nitrogens with zero attached hydrogens (tertiary/aromatic N) is 4. The summed E-state index contributed by atoms with van der Waals surface area (Å²) < 4.78 is 5.99. The summed E-state index contributed by atoms with van der Waals surface area (Å²) in [4.78, 5) is 48.3. The first kappa shape index (κ1) is 28.9. The van der Waals surface area contributed by atoms with Gasteiger partial charge in [0.05, 0.1) is 17.4 Å². The van der Waals surface area contributed by atoms with Gasteiger partial charge in [0.25, 0.3) is 5.91 Å². The first-order chi connectivity index (χ1) is 21.9. The summed E-state index contributed by atoms with van der Waals surface area (Å²) in [6, 6.07) is 17.8. The number of benzene rings is 2. The minimum absolute atomic E-state index is 0.188.